The number of aryl methyl sites for hydroxylation is 1. The molecule has 2 N–H and O–H groups in total. The van der Waals surface area contributed by atoms with Crippen LogP contribution in [0.3, 0.4) is 0 Å². The zero-order valence-corrected chi connectivity index (χ0v) is 15.1. The van der Waals surface area contributed by atoms with Gasteiger partial charge in [-0.15, -0.1) is 0 Å². The third-order valence-electron chi connectivity index (χ3n) is 3.90. The van der Waals surface area contributed by atoms with E-state index in [2.05, 4.69) is 10.6 Å². The number of carbonyl (C=O) groups excluding carboxylic acids is 3. The zero-order valence-electron chi connectivity index (χ0n) is 15.1. The molecule has 2 aromatic carbocycles. The molecule has 2 amide bonds. The number of ether oxygens (including phenoxy) is 1. The molecule has 0 radical (unpaired) electrons. The Labute approximate surface area is 152 Å². The van der Waals surface area contributed by atoms with Crippen molar-refractivity contribution in [2.45, 2.75) is 20.8 Å². The molecular weight excluding hydrogens is 332 g/mol. The lowest BCUT2D eigenvalue weighted by Crippen LogP contribution is -2.23. The molecule has 26 heavy (non-hydrogen) atoms. The van der Waals surface area contributed by atoms with E-state index in [-0.39, 0.29) is 5.91 Å². The van der Waals surface area contributed by atoms with Gasteiger partial charge in [0.15, 0.2) is 6.61 Å². The van der Waals surface area contributed by atoms with Gasteiger partial charge in [-0.2, -0.15) is 0 Å². The van der Waals surface area contributed by atoms with Crippen LogP contribution in [0.5, 0.6) is 0 Å². The highest BCUT2D eigenvalue weighted by Gasteiger charge is 2.14. The molecule has 0 heterocycles. The molecule has 0 aliphatic rings. The summed E-state index contributed by atoms with van der Waals surface area (Å²) in [7, 11) is 0. The second kappa shape index (κ2) is 8.80. The summed E-state index contributed by atoms with van der Waals surface area (Å²) in [6.45, 7) is 5.68. The van der Waals surface area contributed by atoms with E-state index in [9.17, 15) is 14.4 Å². The molecule has 0 spiro atoms. The van der Waals surface area contributed by atoms with Crippen LogP contribution in [-0.2, 0) is 9.53 Å². The molecule has 0 unspecified atom stereocenters. The third-order valence-corrected chi connectivity index (χ3v) is 3.90. The van der Waals surface area contributed by atoms with Gasteiger partial charge in [0.2, 0.25) is 0 Å². The molecule has 136 valence electrons. The molecule has 6 heteroatoms. The molecule has 0 aliphatic carbocycles. The van der Waals surface area contributed by atoms with Crippen molar-refractivity contribution in [3.63, 3.8) is 0 Å². The second-order valence-corrected chi connectivity index (χ2v) is 5.81. The third kappa shape index (κ3) is 4.92. The Morgan fingerprint density at radius 3 is 2.50 bits per heavy atom. The maximum atomic E-state index is 12.1. The summed E-state index contributed by atoms with van der Waals surface area (Å²) in [5.74, 6) is -1.24. The van der Waals surface area contributed by atoms with E-state index in [1.54, 1.807) is 36.4 Å². The van der Waals surface area contributed by atoms with Crippen molar-refractivity contribution in [2.75, 3.05) is 18.5 Å². The van der Waals surface area contributed by atoms with Gasteiger partial charge in [-0.25, -0.2) is 4.79 Å². The Bertz CT molecular complexity index is 830. The van der Waals surface area contributed by atoms with Gasteiger partial charge in [0, 0.05) is 17.8 Å². The molecule has 0 aromatic heterocycles. The van der Waals surface area contributed by atoms with Crippen LogP contribution < -0.4 is 10.6 Å². The summed E-state index contributed by atoms with van der Waals surface area (Å²) >= 11 is 0. The summed E-state index contributed by atoms with van der Waals surface area (Å²) < 4.78 is 5.08. The van der Waals surface area contributed by atoms with E-state index in [4.69, 9.17) is 4.74 Å². The van der Waals surface area contributed by atoms with Crippen LogP contribution in [0.1, 0.15) is 38.8 Å². The minimum Gasteiger partial charge on any atom is -0.452 e. The van der Waals surface area contributed by atoms with Gasteiger partial charge in [-0.3, -0.25) is 9.59 Å². The van der Waals surface area contributed by atoms with E-state index in [0.717, 1.165) is 11.1 Å². The van der Waals surface area contributed by atoms with Crippen LogP contribution in [-0.4, -0.2) is 30.9 Å². The number of benzene rings is 2. The van der Waals surface area contributed by atoms with Crippen molar-refractivity contribution in [3.05, 3.63) is 64.7 Å². The van der Waals surface area contributed by atoms with Gasteiger partial charge in [0.25, 0.3) is 11.8 Å². The van der Waals surface area contributed by atoms with Crippen LogP contribution in [0.4, 0.5) is 5.69 Å². The van der Waals surface area contributed by atoms with Crippen molar-refractivity contribution in [2.24, 2.45) is 0 Å². The lowest BCUT2D eigenvalue weighted by atomic mass is 10.0. The van der Waals surface area contributed by atoms with E-state index < -0.39 is 18.5 Å². The van der Waals surface area contributed by atoms with Crippen LogP contribution in [0, 0.1) is 13.8 Å². The highest BCUT2D eigenvalue weighted by molar-refractivity contribution is 5.98. The summed E-state index contributed by atoms with van der Waals surface area (Å²) in [6, 6.07) is 11.9. The predicted octanol–water partition coefficient (Wildman–Crippen LogP) is 2.85. The van der Waals surface area contributed by atoms with Crippen LogP contribution in [0.2, 0.25) is 0 Å². The lowest BCUT2D eigenvalue weighted by molar-refractivity contribution is -0.119. The van der Waals surface area contributed by atoms with Crippen molar-refractivity contribution >= 4 is 23.5 Å². The number of amides is 2. The minimum atomic E-state index is -0.544. The van der Waals surface area contributed by atoms with E-state index >= 15 is 0 Å². The van der Waals surface area contributed by atoms with E-state index in [1.807, 2.05) is 26.8 Å². The van der Waals surface area contributed by atoms with Crippen LogP contribution >= 0.6 is 0 Å². The zero-order chi connectivity index (χ0) is 19.1. The number of esters is 1. The van der Waals surface area contributed by atoms with Gasteiger partial charge in [0.1, 0.15) is 0 Å². The second-order valence-electron chi connectivity index (χ2n) is 5.81. The van der Waals surface area contributed by atoms with E-state index in [0.29, 0.717) is 23.4 Å². The predicted molar refractivity (Wildman–Crippen MR) is 99.3 cm³/mol. The number of nitrogens with one attached hydrogen (secondary N) is 2. The summed E-state index contributed by atoms with van der Waals surface area (Å²) in [4.78, 5) is 36.0. The maximum Gasteiger partial charge on any atom is 0.338 e. The van der Waals surface area contributed by atoms with Crippen molar-refractivity contribution in [1.29, 1.82) is 0 Å². The van der Waals surface area contributed by atoms with Crippen LogP contribution in [0.25, 0.3) is 0 Å². The number of hydrogen-bond acceptors (Lipinski definition) is 4. The van der Waals surface area contributed by atoms with E-state index in [1.165, 1.54) is 0 Å². The molecule has 2 rings (SSSR count). The first kappa shape index (κ1) is 19.2. The summed E-state index contributed by atoms with van der Waals surface area (Å²) in [5.41, 5.74) is 3.15. The molecule has 0 atom stereocenters. The Kier molecular flexibility index (Phi) is 6.49. The van der Waals surface area contributed by atoms with Gasteiger partial charge >= 0.3 is 5.97 Å². The average Bonchev–Trinajstić information content (AvgIpc) is 2.62. The van der Waals surface area contributed by atoms with Crippen molar-refractivity contribution in [1.82, 2.24) is 5.32 Å². The molecular formula is C20H22N2O4. The molecule has 0 bridgehead atoms. The number of hydrogen-bond donors (Lipinski definition) is 2. The average molecular weight is 354 g/mol. The monoisotopic (exact) mass is 354 g/mol. The fourth-order valence-corrected chi connectivity index (χ4v) is 2.38. The van der Waals surface area contributed by atoms with Crippen molar-refractivity contribution < 1.29 is 19.1 Å². The maximum absolute atomic E-state index is 12.1. The minimum absolute atomic E-state index is 0.218. The van der Waals surface area contributed by atoms with Gasteiger partial charge in [-0.1, -0.05) is 18.2 Å². The number of rotatable bonds is 6. The first-order valence-electron chi connectivity index (χ1n) is 8.33. The normalized spacial score (nSPS) is 10.1. The highest BCUT2D eigenvalue weighted by Crippen LogP contribution is 2.14. The quantitative estimate of drug-likeness (QED) is 0.781. The first-order valence-corrected chi connectivity index (χ1v) is 8.33. The molecule has 0 saturated carbocycles. The van der Waals surface area contributed by atoms with Gasteiger partial charge in [-0.05, 0) is 56.2 Å². The smallest absolute Gasteiger partial charge is 0.338 e. The lowest BCUT2D eigenvalue weighted by Gasteiger charge is -2.10. The Hall–Kier alpha value is -3.15. The molecule has 0 aliphatic heterocycles. The van der Waals surface area contributed by atoms with Gasteiger partial charge < -0.3 is 15.4 Å². The first-order chi connectivity index (χ1) is 12.4. The fraction of sp³-hybridized carbons (Fsp3) is 0.250. The highest BCUT2D eigenvalue weighted by atomic mass is 16.5. The Morgan fingerprint density at radius 1 is 1.04 bits per heavy atom. The summed E-state index contributed by atoms with van der Waals surface area (Å²) in [6.07, 6.45) is 0. The Morgan fingerprint density at radius 2 is 1.77 bits per heavy atom. The number of anilines is 1. The number of carbonyl (C=O) groups is 3. The molecule has 2 aromatic rings. The summed E-state index contributed by atoms with van der Waals surface area (Å²) in [5, 5.41) is 5.31. The molecule has 0 saturated heterocycles. The topological polar surface area (TPSA) is 84.5 Å². The SMILES string of the molecule is CCNC(=O)c1cccc(NC(=O)COC(=O)c2cccc(C)c2C)c1. The fourth-order valence-electron chi connectivity index (χ4n) is 2.38. The van der Waals surface area contributed by atoms with Crippen molar-refractivity contribution in [3.8, 4) is 0 Å². The van der Waals surface area contributed by atoms with Crippen LogP contribution in [0.15, 0.2) is 42.5 Å². The molecule has 6 nitrogen and oxygen atoms in total. The van der Waals surface area contributed by atoms with Gasteiger partial charge in [0.05, 0.1) is 5.56 Å². The standard InChI is InChI=1S/C20H22N2O4/c1-4-21-19(24)15-8-6-9-16(11-15)22-18(23)12-26-20(25)17-10-5-7-13(2)14(17)3/h5-11H,4,12H2,1-3H3,(H,21,24)(H,22,23). The molecule has 0 fully saturated rings. The largest absolute Gasteiger partial charge is 0.452 e. The Balaban J connectivity index is 1.95.